The molecule has 0 amide bonds. The minimum absolute atomic E-state index is 0.207. The van der Waals surface area contributed by atoms with Gasteiger partial charge in [-0.2, -0.15) is 0 Å². The molecule has 0 spiro atoms. The van der Waals surface area contributed by atoms with Crippen molar-refractivity contribution in [2.75, 3.05) is 6.61 Å². The Bertz CT molecular complexity index is 219. The third-order valence-electron chi connectivity index (χ3n) is 1.74. The summed E-state index contributed by atoms with van der Waals surface area (Å²) in [4.78, 5) is 22.1. The monoisotopic (exact) mass is 172 g/mol. The summed E-state index contributed by atoms with van der Waals surface area (Å²) in [6.07, 6.45) is -0.986. The molecule has 4 heteroatoms. The molecule has 1 atom stereocenters. The van der Waals surface area contributed by atoms with Crippen LogP contribution in [-0.2, 0) is 19.1 Å². The lowest BCUT2D eigenvalue weighted by atomic mass is 9.91. The summed E-state index contributed by atoms with van der Waals surface area (Å²) in [6, 6.07) is 0. The number of hydrogen-bond acceptors (Lipinski definition) is 4. The Morgan fingerprint density at radius 2 is 2.25 bits per heavy atom. The van der Waals surface area contributed by atoms with Crippen molar-refractivity contribution in [3.05, 3.63) is 0 Å². The molecule has 0 aromatic carbocycles. The zero-order valence-electron chi connectivity index (χ0n) is 7.42. The molecule has 1 saturated heterocycles. The zero-order chi connectivity index (χ0) is 9.35. The third-order valence-corrected chi connectivity index (χ3v) is 1.74. The number of esters is 1. The highest BCUT2D eigenvalue weighted by Gasteiger charge is 2.52. The van der Waals surface area contributed by atoms with Crippen molar-refractivity contribution in [3.63, 3.8) is 0 Å². The Labute approximate surface area is 70.8 Å². The normalized spacial score (nSPS) is 26.2. The molecular weight excluding hydrogens is 160 g/mol. The first kappa shape index (κ1) is 9.19. The van der Waals surface area contributed by atoms with E-state index in [9.17, 15) is 9.59 Å². The van der Waals surface area contributed by atoms with Crippen molar-refractivity contribution in [1.29, 1.82) is 0 Å². The number of Topliss-reactive ketones (excluding diaryl/α,β-unsaturated/α-hetero) is 1. The van der Waals surface area contributed by atoms with Crippen molar-refractivity contribution in [2.45, 2.75) is 32.5 Å². The van der Waals surface area contributed by atoms with E-state index in [-0.39, 0.29) is 12.4 Å². The lowest BCUT2D eigenvalue weighted by molar-refractivity contribution is -0.205. The van der Waals surface area contributed by atoms with Crippen LogP contribution in [0.15, 0.2) is 0 Å². The summed E-state index contributed by atoms with van der Waals surface area (Å²) >= 11 is 0. The molecule has 0 N–H and O–H groups in total. The highest BCUT2D eigenvalue weighted by molar-refractivity contribution is 6.09. The number of ether oxygens (including phenoxy) is 2. The molecular formula is C8H12O4. The van der Waals surface area contributed by atoms with Crippen LogP contribution < -0.4 is 0 Å². The quantitative estimate of drug-likeness (QED) is 0.444. The average Bonchev–Trinajstić information content (AvgIpc) is 2.00. The first-order valence-electron chi connectivity index (χ1n) is 3.88. The predicted molar refractivity (Wildman–Crippen MR) is 40.6 cm³/mol. The van der Waals surface area contributed by atoms with Gasteiger partial charge < -0.3 is 9.47 Å². The van der Waals surface area contributed by atoms with Gasteiger partial charge in [-0.05, 0) is 20.8 Å². The van der Waals surface area contributed by atoms with Crippen LogP contribution in [0.5, 0.6) is 0 Å². The maximum atomic E-state index is 11.2. The maximum absolute atomic E-state index is 11.2. The van der Waals surface area contributed by atoms with Crippen LogP contribution >= 0.6 is 0 Å². The van der Waals surface area contributed by atoms with Gasteiger partial charge in [-0.25, -0.2) is 4.79 Å². The van der Waals surface area contributed by atoms with Crippen LogP contribution in [0.4, 0.5) is 0 Å². The van der Waals surface area contributed by atoms with E-state index in [1.54, 1.807) is 20.8 Å². The zero-order valence-corrected chi connectivity index (χ0v) is 7.42. The Kier molecular flexibility index (Phi) is 2.19. The van der Waals surface area contributed by atoms with Crippen molar-refractivity contribution in [1.82, 2.24) is 0 Å². The van der Waals surface area contributed by atoms with Crippen molar-refractivity contribution in [3.8, 4) is 0 Å². The van der Waals surface area contributed by atoms with Crippen molar-refractivity contribution >= 4 is 11.8 Å². The van der Waals surface area contributed by atoms with Gasteiger partial charge in [0.1, 0.15) is 5.60 Å². The molecule has 0 radical (unpaired) electrons. The third kappa shape index (κ3) is 1.34. The first-order valence-corrected chi connectivity index (χ1v) is 3.88. The Morgan fingerprint density at radius 3 is 2.58 bits per heavy atom. The smallest absolute Gasteiger partial charge is 0.343 e. The number of ketones is 1. The van der Waals surface area contributed by atoms with E-state index < -0.39 is 17.7 Å². The number of rotatable bonds is 2. The molecule has 1 unspecified atom stereocenters. The van der Waals surface area contributed by atoms with E-state index >= 15 is 0 Å². The fourth-order valence-corrected chi connectivity index (χ4v) is 1.04. The summed E-state index contributed by atoms with van der Waals surface area (Å²) < 4.78 is 9.65. The molecule has 0 aromatic rings. The van der Waals surface area contributed by atoms with E-state index in [1.807, 2.05) is 0 Å². The first-order chi connectivity index (χ1) is 5.49. The Balaban J connectivity index is 2.50. The second-order valence-electron chi connectivity index (χ2n) is 3.12. The van der Waals surface area contributed by atoms with Crippen LogP contribution in [0, 0.1) is 0 Å². The predicted octanol–water partition coefficient (Wildman–Crippen LogP) is 0.296. The van der Waals surface area contributed by atoms with E-state index in [0.29, 0.717) is 0 Å². The second-order valence-corrected chi connectivity index (χ2v) is 3.12. The number of carbonyl (C=O) groups is 2. The Hall–Kier alpha value is -0.900. The molecule has 1 rings (SSSR count). The minimum atomic E-state index is -0.986. The molecule has 0 saturated carbocycles. The average molecular weight is 172 g/mol. The summed E-state index contributed by atoms with van der Waals surface area (Å²) in [7, 11) is 0. The van der Waals surface area contributed by atoms with E-state index in [0.717, 1.165) is 0 Å². The lowest BCUT2D eigenvalue weighted by Crippen LogP contribution is -2.60. The van der Waals surface area contributed by atoms with Gasteiger partial charge in [-0.15, -0.1) is 0 Å². The molecule has 1 aliphatic rings. The topological polar surface area (TPSA) is 52.6 Å². The molecule has 4 nitrogen and oxygen atoms in total. The van der Waals surface area contributed by atoms with Gasteiger partial charge in [0.2, 0.25) is 11.9 Å². The molecule has 1 heterocycles. The fraction of sp³-hybridized carbons (Fsp3) is 0.750. The van der Waals surface area contributed by atoms with Crippen LogP contribution in [0.3, 0.4) is 0 Å². The van der Waals surface area contributed by atoms with Crippen LogP contribution in [0.2, 0.25) is 0 Å². The lowest BCUT2D eigenvalue weighted by Gasteiger charge is -2.38. The van der Waals surface area contributed by atoms with Gasteiger partial charge in [-0.3, -0.25) is 4.79 Å². The van der Waals surface area contributed by atoms with Gasteiger partial charge in [0.25, 0.3) is 0 Å². The van der Waals surface area contributed by atoms with E-state index in [1.165, 1.54) is 0 Å². The molecule has 0 aromatic heterocycles. The van der Waals surface area contributed by atoms with Crippen molar-refractivity contribution in [2.24, 2.45) is 0 Å². The standard InChI is InChI=1S/C8H12O4/c1-4-11-7(10)5-6(9)8(2,3)12-5/h5H,4H2,1-3H3. The largest absolute Gasteiger partial charge is 0.464 e. The second kappa shape index (κ2) is 2.86. The van der Waals surface area contributed by atoms with E-state index in [4.69, 9.17) is 4.74 Å². The highest BCUT2D eigenvalue weighted by atomic mass is 16.6. The molecule has 12 heavy (non-hydrogen) atoms. The maximum Gasteiger partial charge on any atom is 0.343 e. The van der Waals surface area contributed by atoms with Crippen LogP contribution in [0.1, 0.15) is 20.8 Å². The molecule has 1 aliphatic heterocycles. The van der Waals surface area contributed by atoms with Gasteiger partial charge >= 0.3 is 5.97 Å². The van der Waals surface area contributed by atoms with Gasteiger partial charge in [0, 0.05) is 0 Å². The number of hydrogen-bond donors (Lipinski definition) is 0. The molecule has 0 bridgehead atoms. The van der Waals surface area contributed by atoms with Gasteiger partial charge in [0.05, 0.1) is 6.61 Å². The van der Waals surface area contributed by atoms with Gasteiger partial charge in [0.15, 0.2) is 0 Å². The van der Waals surface area contributed by atoms with E-state index in [2.05, 4.69) is 4.74 Å². The SMILES string of the molecule is CCOC(=O)C1OC(C)(C)C1=O. The Morgan fingerprint density at radius 1 is 1.67 bits per heavy atom. The minimum Gasteiger partial charge on any atom is -0.464 e. The van der Waals surface area contributed by atoms with Crippen LogP contribution in [0.25, 0.3) is 0 Å². The summed E-state index contributed by atoms with van der Waals surface area (Å²) in [5, 5.41) is 0. The summed E-state index contributed by atoms with van der Waals surface area (Å²) in [5.41, 5.74) is -0.808. The molecule has 0 aliphatic carbocycles. The summed E-state index contributed by atoms with van der Waals surface area (Å²) in [6.45, 7) is 5.22. The van der Waals surface area contributed by atoms with Crippen molar-refractivity contribution < 1.29 is 19.1 Å². The molecule has 1 fully saturated rings. The summed E-state index contributed by atoms with van der Waals surface area (Å²) in [5.74, 6) is -0.789. The molecule has 68 valence electrons. The number of carbonyl (C=O) groups excluding carboxylic acids is 2. The highest BCUT2D eigenvalue weighted by Crippen LogP contribution is 2.28. The van der Waals surface area contributed by atoms with Crippen LogP contribution in [-0.4, -0.2) is 30.1 Å². The van der Waals surface area contributed by atoms with Gasteiger partial charge in [-0.1, -0.05) is 0 Å². The fourth-order valence-electron chi connectivity index (χ4n) is 1.04.